The Kier molecular flexibility index (Phi) is 12.1. The zero-order chi connectivity index (χ0) is 40.1. The van der Waals surface area contributed by atoms with E-state index in [2.05, 4.69) is 40.9 Å². The fourth-order valence-corrected chi connectivity index (χ4v) is 7.34. The molecule has 5 heterocycles. The molecule has 4 atom stereocenters. The minimum absolute atomic E-state index is 0.129. The lowest BCUT2D eigenvalue weighted by atomic mass is 10.0. The van der Waals surface area contributed by atoms with Crippen LogP contribution in [0, 0.1) is 11.8 Å². The van der Waals surface area contributed by atoms with Gasteiger partial charge in [-0.2, -0.15) is 0 Å². The number of carbonyl (C=O) groups excluding carboxylic acids is 5. The highest BCUT2D eigenvalue weighted by Crippen LogP contribution is 2.34. The summed E-state index contributed by atoms with van der Waals surface area (Å²) < 4.78 is 9.47. The molecule has 4 aromatic rings. The van der Waals surface area contributed by atoms with Gasteiger partial charge < -0.3 is 50.2 Å². The second kappa shape index (κ2) is 17.1. The molecule has 17 heteroatoms. The summed E-state index contributed by atoms with van der Waals surface area (Å²) in [7, 11) is 2.53. The first-order valence-electron chi connectivity index (χ1n) is 18.9. The van der Waals surface area contributed by atoms with Gasteiger partial charge >= 0.3 is 12.2 Å². The molecule has 6 rings (SSSR count). The number of nitrogens with one attached hydrogen (secondary N) is 6. The minimum Gasteiger partial charge on any atom is -0.453 e. The number of alkyl carbamates (subject to hydrolysis) is 2. The van der Waals surface area contributed by atoms with Crippen LogP contribution in [0.4, 0.5) is 21.0 Å². The van der Waals surface area contributed by atoms with Crippen molar-refractivity contribution in [3.63, 3.8) is 0 Å². The van der Waals surface area contributed by atoms with Crippen LogP contribution < -0.4 is 16.0 Å². The summed E-state index contributed by atoms with van der Waals surface area (Å²) in [5.74, 6) is 0.173. The van der Waals surface area contributed by atoms with E-state index in [0.717, 1.165) is 36.2 Å². The molecule has 298 valence electrons. The van der Waals surface area contributed by atoms with Crippen molar-refractivity contribution in [3.8, 4) is 11.3 Å². The molecular weight excluding hydrogens is 720 g/mol. The van der Waals surface area contributed by atoms with E-state index in [-0.39, 0.29) is 47.2 Å². The number of carbonyl (C=O) groups is 5. The van der Waals surface area contributed by atoms with Gasteiger partial charge in [0.25, 0.3) is 0 Å². The summed E-state index contributed by atoms with van der Waals surface area (Å²) in [6.07, 6.45) is 6.56. The number of amides is 4. The summed E-state index contributed by atoms with van der Waals surface area (Å²) in [5.41, 5.74) is 3.59. The molecule has 17 nitrogen and oxygen atoms in total. The third kappa shape index (κ3) is 8.40. The van der Waals surface area contributed by atoms with Crippen molar-refractivity contribution in [1.82, 2.24) is 45.4 Å². The van der Waals surface area contributed by atoms with Gasteiger partial charge in [0.15, 0.2) is 0 Å². The van der Waals surface area contributed by atoms with Gasteiger partial charge in [0.05, 0.1) is 50.1 Å². The molecule has 0 aliphatic carbocycles. The molecule has 2 aliphatic rings. The van der Waals surface area contributed by atoms with Crippen LogP contribution in [0.15, 0.2) is 48.9 Å². The summed E-state index contributed by atoms with van der Waals surface area (Å²) in [6, 6.07) is 7.33. The Morgan fingerprint density at radius 1 is 0.750 bits per heavy atom. The molecule has 0 radical (unpaired) electrons. The van der Waals surface area contributed by atoms with Gasteiger partial charge in [-0.05, 0) is 61.3 Å². The molecule has 2 fully saturated rings. The Hall–Kier alpha value is -6.13. The summed E-state index contributed by atoms with van der Waals surface area (Å²) >= 11 is 0. The maximum absolute atomic E-state index is 13.7. The Labute approximate surface area is 324 Å². The molecule has 1 aromatic carbocycles. The number of nitrogens with zero attached hydrogens (tertiary/aromatic N) is 4. The van der Waals surface area contributed by atoms with Crippen molar-refractivity contribution in [2.75, 3.05) is 32.6 Å². The number of H-pyrrole nitrogens is 3. The largest absolute Gasteiger partial charge is 0.453 e. The molecule has 0 saturated carbocycles. The zero-order valence-corrected chi connectivity index (χ0v) is 32.5. The monoisotopic (exact) mass is 770 g/mol. The first-order chi connectivity index (χ1) is 26.9. The fourth-order valence-electron chi connectivity index (χ4n) is 7.34. The Bertz CT molecular complexity index is 2030. The van der Waals surface area contributed by atoms with Crippen LogP contribution in [0.3, 0.4) is 0 Å². The second-order valence-electron chi connectivity index (χ2n) is 14.8. The van der Waals surface area contributed by atoms with E-state index in [0.29, 0.717) is 42.5 Å². The maximum Gasteiger partial charge on any atom is 0.407 e. The summed E-state index contributed by atoms with van der Waals surface area (Å²) in [6.45, 7) is 8.53. The SMILES string of the molecule is COC(=O)N[C@H](C(=O)N1CCC[C@H]1c1ncc(C(=O)c2[nH]ccc2Nc2ccc(-c3cnc([C@@H]4CCCN4C(=O)[C@@H](NC(=O)OC)C(C)C)[nH]3)cc2)[nH]1)C(C)C. The molecule has 6 N–H and O–H groups in total. The first-order valence-corrected chi connectivity index (χ1v) is 18.9. The number of aromatic amines is 3. The molecule has 0 bridgehead atoms. The summed E-state index contributed by atoms with van der Waals surface area (Å²) in [5, 5.41) is 8.64. The number of likely N-dealkylation sites (tertiary alicyclic amines) is 2. The number of benzene rings is 1. The lowest BCUT2D eigenvalue weighted by Gasteiger charge is -2.30. The van der Waals surface area contributed by atoms with E-state index in [4.69, 9.17) is 9.47 Å². The first kappa shape index (κ1) is 39.6. The van der Waals surface area contributed by atoms with Crippen molar-refractivity contribution in [2.45, 2.75) is 77.5 Å². The molecular formula is C39H50N10O7. The number of imidazole rings is 2. The number of ketones is 1. The number of hydrogen-bond acceptors (Lipinski definition) is 10. The number of anilines is 2. The fraction of sp³-hybridized carbons (Fsp3) is 0.462. The number of methoxy groups -OCH3 is 2. The highest BCUT2D eigenvalue weighted by molar-refractivity contribution is 6.10. The van der Waals surface area contributed by atoms with Crippen LogP contribution in [0.5, 0.6) is 0 Å². The molecule has 2 aliphatic heterocycles. The average Bonchev–Trinajstić information content (AvgIpc) is 4.04. The molecule has 56 heavy (non-hydrogen) atoms. The molecule has 2 saturated heterocycles. The number of rotatable bonds is 13. The van der Waals surface area contributed by atoms with Crippen LogP contribution in [0.1, 0.15) is 93.3 Å². The number of aromatic nitrogens is 5. The Morgan fingerprint density at radius 3 is 1.82 bits per heavy atom. The lowest BCUT2D eigenvalue weighted by Crippen LogP contribution is -2.51. The van der Waals surface area contributed by atoms with Gasteiger partial charge in [-0.3, -0.25) is 14.4 Å². The quantitative estimate of drug-likeness (QED) is 0.0978. The van der Waals surface area contributed by atoms with E-state index >= 15 is 0 Å². The zero-order valence-electron chi connectivity index (χ0n) is 32.5. The predicted molar refractivity (Wildman–Crippen MR) is 206 cm³/mol. The Morgan fingerprint density at radius 2 is 1.29 bits per heavy atom. The molecule has 4 amide bonds. The standard InChI is InChI=1S/C39H50N10O7/c1-21(2)30(46-38(53)55-5)36(51)48-17-7-9-28(48)34-41-19-26(44-34)23-11-13-24(14-12-23)43-25-15-16-40-32(25)33(50)27-20-42-35(45-27)29-10-8-18-49(29)37(52)31(22(3)4)47-39(54)56-6/h11-16,19-22,28-31,40,43H,7-10,17-18H2,1-6H3,(H,41,44)(H,42,45)(H,46,53)(H,47,54)/t28-,29-,30-,31-/m0/s1. The van der Waals surface area contributed by atoms with Crippen molar-refractivity contribution >= 4 is 41.2 Å². The van der Waals surface area contributed by atoms with Gasteiger partial charge in [-0.15, -0.1) is 0 Å². The third-order valence-electron chi connectivity index (χ3n) is 10.4. The predicted octanol–water partition coefficient (Wildman–Crippen LogP) is 5.19. The van der Waals surface area contributed by atoms with E-state index in [1.807, 2.05) is 52.0 Å². The van der Waals surface area contributed by atoms with Gasteiger partial charge in [-0.25, -0.2) is 19.6 Å². The van der Waals surface area contributed by atoms with E-state index in [1.165, 1.54) is 20.4 Å². The molecule has 3 aromatic heterocycles. The van der Waals surface area contributed by atoms with Crippen LogP contribution in [0.2, 0.25) is 0 Å². The van der Waals surface area contributed by atoms with Crippen molar-refractivity contribution in [2.24, 2.45) is 11.8 Å². The Balaban J connectivity index is 1.10. The molecule has 0 unspecified atom stereocenters. The maximum atomic E-state index is 13.7. The smallest absolute Gasteiger partial charge is 0.407 e. The van der Waals surface area contributed by atoms with Crippen LogP contribution in [-0.2, 0) is 19.1 Å². The van der Waals surface area contributed by atoms with Crippen molar-refractivity contribution in [1.29, 1.82) is 0 Å². The highest BCUT2D eigenvalue weighted by atomic mass is 16.5. The van der Waals surface area contributed by atoms with Gasteiger partial charge in [0.1, 0.15) is 35.1 Å². The average molecular weight is 771 g/mol. The van der Waals surface area contributed by atoms with E-state index in [1.54, 1.807) is 28.3 Å². The van der Waals surface area contributed by atoms with Gasteiger partial charge in [0.2, 0.25) is 17.6 Å². The van der Waals surface area contributed by atoms with Crippen LogP contribution in [-0.4, -0.2) is 104 Å². The topological polar surface area (TPSA) is 220 Å². The van der Waals surface area contributed by atoms with Gasteiger partial charge in [-0.1, -0.05) is 39.8 Å². The van der Waals surface area contributed by atoms with Crippen molar-refractivity contribution in [3.05, 3.63) is 72.0 Å². The van der Waals surface area contributed by atoms with Crippen molar-refractivity contribution < 1.29 is 33.4 Å². The third-order valence-corrected chi connectivity index (χ3v) is 10.4. The van der Waals surface area contributed by atoms with E-state index < -0.39 is 24.3 Å². The second-order valence-corrected chi connectivity index (χ2v) is 14.8. The number of hydrogen-bond donors (Lipinski definition) is 6. The lowest BCUT2D eigenvalue weighted by molar-refractivity contribution is -0.136. The number of ether oxygens (including phenoxy) is 2. The minimum atomic E-state index is -0.764. The van der Waals surface area contributed by atoms with Gasteiger partial charge in [0, 0.05) is 25.0 Å². The highest BCUT2D eigenvalue weighted by Gasteiger charge is 2.39. The van der Waals surface area contributed by atoms with Crippen LogP contribution in [0.25, 0.3) is 11.3 Å². The van der Waals surface area contributed by atoms with Crippen LogP contribution >= 0.6 is 0 Å². The van der Waals surface area contributed by atoms with E-state index in [9.17, 15) is 24.0 Å². The normalized spacial score (nSPS) is 17.9. The summed E-state index contributed by atoms with van der Waals surface area (Å²) in [4.78, 5) is 86.8. The molecule has 0 spiro atoms.